The first-order chi connectivity index (χ1) is 14.1. The molecule has 8 heteroatoms. The van der Waals surface area contributed by atoms with E-state index < -0.39 is 5.91 Å². The summed E-state index contributed by atoms with van der Waals surface area (Å²) in [6.07, 6.45) is 1.64. The van der Waals surface area contributed by atoms with Crippen molar-refractivity contribution in [3.63, 3.8) is 0 Å². The first-order valence-corrected chi connectivity index (χ1v) is 9.60. The lowest BCUT2D eigenvalue weighted by atomic mass is 9.98. The Morgan fingerprint density at radius 2 is 1.79 bits per heavy atom. The number of amides is 2. The van der Waals surface area contributed by atoms with Crippen molar-refractivity contribution in [3.05, 3.63) is 76.8 Å². The summed E-state index contributed by atoms with van der Waals surface area (Å²) >= 11 is 1.37. The number of thiazole rings is 1. The van der Waals surface area contributed by atoms with Crippen molar-refractivity contribution < 1.29 is 14.1 Å². The Hall–Kier alpha value is -3.78. The second-order valence-corrected chi connectivity index (χ2v) is 7.15. The molecule has 0 atom stereocenters. The topological polar surface area (TPSA) is 111 Å². The van der Waals surface area contributed by atoms with Gasteiger partial charge in [0.2, 0.25) is 11.8 Å². The van der Waals surface area contributed by atoms with Crippen LogP contribution >= 0.6 is 11.3 Å². The SMILES string of the molecule is Cc1ccccc1C(=O)Nc1onc(-c2nccs2)c1-c1ccccc1C(N)=O. The van der Waals surface area contributed by atoms with Crippen LogP contribution < -0.4 is 11.1 Å². The number of hydrogen-bond acceptors (Lipinski definition) is 6. The van der Waals surface area contributed by atoms with Gasteiger partial charge in [-0.05, 0) is 24.6 Å². The Labute approximate surface area is 170 Å². The fraction of sp³-hybridized carbons (Fsp3) is 0.0476. The monoisotopic (exact) mass is 404 g/mol. The zero-order valence-corrected chi connectivity index (χ0v) is 16.2. The molecule has 0 saturated carbocycles. The van der Waals surface area contributed by atoms with Crippen LogP contribution in [-0.4, -0.2) is 22.0 Å². The number of carbonyl (C=O) groups excluding carboxylic acids is 2. The van der Waals surface area contributed by atoms with E-state index in [1.165, 1.54) is 11.3 Å². The van der Waals surface area contributed by atoms with Crippen molar-refractivity contribution in [2.45, 2.75) is 6.92 Å². The predicted octanol–water partition coefficient (Wildman–Crippen LogP) is 4.12. The zero-order valence-electron chi connectivity index (χ0n) is 15.4. The minimum absolute atomic E-state index is 0.122. The summed E-state index contributed by atoms with van der Waals surface area (Å²) in [6, 6.07) is 14.0. The molecule has 0 aliphatic rings. The van der Waals surface area contributed by atoms with Crippen LogP contribution in [0.1, 0.15) is 26.3 Å². The molecule has 2 heterocycles. The van der Waals surface area contributed by atoms with Crippen molar-refractivity contribution in [1.82, 2.24) is 10.1 Å². The molecular formula is C21H16N4O3S. The first-order valence-electron chi connectivity index (χ1n) is 8.72. The van der Waals surface area contributed by atoms with Gasteiger partial charge in [-0.25, -0.2) is 4.98 Å². The quantitative estimate of drug-likeness (QED) is 0.520. The predicted molar refractivity (Wildman–Crippen MR) is 111 cm³/mol. The van der Waals surface area contributed by atoms with Gasteiger partial charge in [-0.15, -0.1) is 11.3 Å². The van der Waals surface area contributed by atoms with Crippen LogP contribution in [-0.2, 0) is 0 Å². The van der Waals surface area contributed by atoms with Crippen LogP contribution in [0.3, 0.4) is 0 Å². The molecule has 2 amide bonds. The minimum Gasteiger partial charge on any atom is -0.366 e. The molecule has 0 saturated heterocycles. The standard InChI is InChI=1S/C21H16N4O3S/c1-12-6-2-3-7-13(12)19(27)24-20-16(14-8-4-5-9-15(14)18(22)26)17(25-28-20)21-23-10-11-29-21/h2-11H,1H3,(H2,22,26)(H,24,27). The molecule has 2 aromatic carbocycles. The Balaban J connectivity index is 1.85. The van der Waals surface area contributed by atoms with E-state index >= 15 is 0 Å². The number of benzene rings is 2. The Bertz CT molecular complexity index is 1200. The molecule has 0 bridgehead atoms. The van der Waals surface area contributed by atoms with Crippen LogP contribution in [0.25, 0.3) is 21.8 Å². The highest BCUT2D eigenvalue weighted by Crippen LogP contribution is 2.40. The third-order valence-electron chi connectivity index (χ3n) is 4.41. The maximum absolute atomic E-state index is 12.8. The number of carbonyl (C=O) groups is 2. The summed E-state index contributed by atoms with van der Waals surface area (Å²) in [6.45, 7) is 1.85. The Kier molecular flexibility index (Phi) is 4.92. The third-order valence-corrected chi connectivity index (χ3v) is 5.19. The molecule has 0 spiro atoms. The van der Waals surface area contributed by atoms with Gasteiger partial charge in [-0.1, -0.05) is 41.6 Å². The summed E-state index contributed by atoms with van der Waals surface area (Å²) < 4.78 is 5.47. The number of primary amides is 1. The minimum atomic E-state index is -0.594. The van der Waals surface area contributed by atoms with Gasteiger partial charge in [0.25, 0.3) is 5.91 Å². The van der Waals surface area contributed by atoms with E-state index in [1.807, 2.05) is 19.1 Å². The first kappa shape index (κ1) is 18.6. The molecular weight excluding hydrogens is 388 g/mol. The van der Waals surface area contributed by atoms with E-state index in [0.717, 1.165) is 5.56 Å². The highest BCUT2D eigenvalue weighted by Gasteiger charge is 2.26. The number of rotatable bonds is 5. The van der Waals surface area contributed by atoms with Gasteiger partial charge in [0.1, 0.15) is 5.01 Å². The average Bonchev–Trinajstić information content (AvgIpc) is 3.38. The van der Waals surface area contributed by atoms with Crippen LogP contribution in [0.5, 0.6) is 0 Å². The molecule has 2 aromatic heterocycles. The van der Waals surface area contributed by atoms with Crippen molar-refractivity contribution in [2.75, 3.05) is 5.32 Å². The number of nitrogens with zero attached hydrogens (tertiary/aromatic N) is 2. The van der Waals surface area contributed by atoms with Crippen molar-refractivity contribution in [2.24, 2.45) is 5.73 Å². The number of aryl methyl sites for hydroxylation is 1. The van der Waals surface area contributed by atoms with E-state index in [0.29, 0.717) is 33.0 Å². The number of nitrogens with two attached hydrogens (primary N) is 1. The van der Waals surface area contributed by atoms with Crippen LogP contribution in [0.2, 0.25) is 0 Å². The smallest absolute Gasteiger partial charge is 0.258 e. The number of aromatic nitrogens is 2. The number of anilines is 1. The molecule has 7 nitrogen and oxygen atoms in total. The van der Waals surface area contributed by atoms with Gasteiger partial charge in [0.15, 0.2) is 5.69 Å². The summed E-state index contributed by atoms with van der Waals surface area (Å²) in [4.78, 5) is 29.1. The molecule has 0 unspecified atom stereocenters. The van der Waals surface area contributed by atoms with Crippen LogP contribution in [0.15, 0.2) is 64.6 Å². The van der Waals surface area contributed by atoms with E-state index in [9.17, 15) is 9.59 Å². The maximum atomic E-state index is 12.8. The highest BCUT2D eigenvalue weighted by atomic mass is 32.1. The molecule has 0 radical (unpaired) electrons. The van der Waals surface area contributed by atoms with Crippen molar-refractivity contribution in [3.8, 4) is 21.8 Å². The normalized spacial score (nSPS) is 10.7. The summed E-state index contributed by atoms with van der Waals surface area (Å²) in [5.41, 5.74) is 8.57. The Morgan fingerprint density at radius 1 is 1.07 bits per heavy atom. The van der Waals surface area contributed by atoms with E-state index in [1.54, 1.807) is 48.0 Å². The third kappa shape index (κ3) is 3.53. The molecule has 144 valence electrons. The molecule has 29 heavy (non-hydrogen) atoms. The van der Waals surface area contributed by atoms with Gasteiger partial charge in [-0.3, -0.25) is 14.9 Å². The van der Waals surface area contributed by atoms with Crippen molar-refractivity contribution in [1.29, 1.82) is 0 Å². The average molecular weight is 404 g/mol. The molecule has 0 aliphatic heterocycles. The molecule has 4 rings (SSSR count). The second kappa shape index (κ2) is 7.69. The van der Waals surface area contributed by atoms with Gasteiger partial charge in [0, 0.05) is 28.3 Å². The van der Waals surface area contributed by atoms with Gasteiger partial charge >= 0.3 is 0 Å². The van der Waals surface area contributed by atoms with Crippen molar-refractivity contribution >= 4 is 29.0 Å². The van der Waals surface area contributed by atoms with E-state index in [2.05, 4.69) is 15.5 Å². The Morgan fingerprint density at radius 3 is 2.48 bits per heavy atom. The zero-order chi connectivity index (χ0) is 20.4. The lowest BCUT2D eigenvalue weighted by Crippen LogP contribution is -2.15. The van der Waals surface area contributed by atoms with Gasteiger partial charge in [0.05, 0.1) is 5.56 Å². The van der Waals surface area contributed by atoms with Crippen LogP contribution in [0, 0.1) is 6.92 Å². The summed E-state index contributed by atoms with van der Waals surface area (Å²) in [7, 11) is 0. The fourth-order valence-electron chi connectivity index (χ4n) is 3.03. The molecule has 0 fully saturated rings. The van der Waals surface area contributed by atoms with Gasteiger partial charge < -0.3 is 10.3 Å². The summed E-state index contributed by atoms with van der Waals surface area (Å²) in [5, 5.41) is 9.28. The largest absolute Gasteiger partial charge is 0.366 e. The summed E-state index contributed by atoms with van der Waals surface area (Å²) in [5.74, 6) is -0.817. The van der Waals surface area contributed by atoms with Crippen LogP contribution in [0.4, 0.5) is 5.88 Å². The van der Waals surface area contributed by atoms with E-state index in [4.69, 9.17) is 10.3 Å². The number of nitrogens with one attached hydrogen (secondary N) is 1. The molecule has 0 aliphatic carbocycles. The number of hydrogen-bond donors (Lipinski definition) is 2. The maximum Gasteiger partial charge on any atom is 0.258 e. The lowest BCUT2D eigenvalue weighted by molar-refractivity contribution is 0.0998. The molecule has 3 N–H and O–H groups in total. The molecule has 4 aromatic rings. The fourth-order valence-corrected chi connectivity index (χ4v) is 3.65. The van der Waals surface area contributed by atoms with E-state index in [-0.39, 0.29) is 11.8 Å². The lowest BCUT2D eigenvalue weighted by Gasteiger charge is -2.09. The van der Waals surface area contributed by atoms with Gasteiger partial charge in [-0.2, -0.15) is 0 Å². The highest BCUT2D eigenvalue weighted by molar-refractivity contribution is 7.13. The second-order valence-electron chi connectivity index (χ2n) is 6.25.